The molecule has 2 amide bonds. The summed E-state index contributed by atoms with van der Waals surface area (Å²) in [5, 5.41) is 33.0. The van der Waals surface area contributed by atoms with Gasteiger partial charge in [0.2, 0.25) is 11.8 Å². The maximum atomic E-state index is 13.3. The highest BCUT2D eigenvalue weighted by Crippen LogP contribution is 2.37. The number of benzene rings is 1. The summed E-state index contributed by atoms with van der Waals surface area (Å²) in [6.45, 7) is 0.0305. The molecule has 3 rings (SSSR count). The molecule has 0 aromatic heterocycles. The fourth-order valence-corrected chi connectivity index (χ4v) is 5.96. The third-order valence-corrected chi connectivity index (χ3v) is 7.91. The first-order chi connectivity index (χ1) is 18.3. The number of hydrogen-bond donors (Lipinski definition) is 4. The molecule has 0 spiro atoms. The molecule has 4 N–H and O–H groups in total. The zero-order chi connectivity index (χ0) is 27.7. The highest BCUT2D eigenvalue weighted by atomic mass is 127. The SMILES string of the molecule is COCC(=O)N(CC1CCCCC1)C1CC(C(=O)NCCO)=CC(Oc2c(I)cc(CO)cc2OC)C1O. The number of carbonyl (C=O) groups is 2. The van der Waals surface area contributed by atoms with E-state index < -0.39 is 24.2 Å². The van der Waals surface area contributed by atoms with E-state index in [1.165, 1.54) is 20.6 Å². The fraction of sp³-hybridized carbons (Fsp3) is 0.630. The molecule has 212 valence electrons. The van der Waals surface area contributed by atoms with Crippen LogP contribution in [0.2, 0.25) is 0 Å². The molecule has 1 aromatic rings. The molecule has 1 aromatic carbocycles. The van der Waals surface area contributed by atoms with Crippen LogP contribution < -0.4 is 14.8 Å². The molecule has 38 heavy (non-hydrogen) atoms. The van der Waals surface area contributed by atoms with Crippen molar-refractivity contribution in [2.75, 3.05) is 40.5 Å². The van der Waals surface area contributed by atoms with Crippen molar-refractivity contribution < 1.29 is 39.1 Å². The van der Waals surface area contributed by atoms with Gasteiger partial charge in [0.25, 0.3) is 0 Å². The number of rotatable bonds is 12. The Labute approximate surface area is 237 Å². The lowest BCUT2D eigenvalue weighted by atomic mass is 9.85. The molecular formula is C27H39IN2O8. The summed E-state index contributed by atoms with van der Waals surface area (Å²) >= 11 is 2.07. The van der Waals surface area contributed by atoms with Crippen LogP contribution in [-0.4, -0.2) is 90.8 Å². The van der Waals surface area contributed by atoms with Crippen molar-refractivity contribution in [3.63, 3.8) is 0 Å². The molecule has 0 heterocycles. The van der Waals surface area contributed by atoms with Crippen LogP contribution in [0, 0.1) is 9.49 Å². The topological polar surface area (TPSA) is 138 Å². The van der Waals surface area contributed by atoms with E-state index in [2.05, 4.69) is 27.9 Å². The summed E-state index contributed by atoms with van der Waals surface area (Å²) in [6.07, 6.45) is 5.01. The van der Waals surface area contributed by atoms with Crippen LogP contribution in [-0.2, 0) is 20.9 Å². The molecule has 0 bridgehead atoms. The van der Waals surface area contributed by atoms with Crippen LogP contribution in [0.15, 0.2) is 23.8 Å². The van der Waals surface area contributed by atoms with Gasteiger partial charge in [-0.1, -0.05) is 19.3 Å². The van der Waals surface area contributed by atoms with Gasteiger partial charge in [-0.3, -0.25) is 9.59 Å². The monoisotopic (exact) mass is 646 g/mol. The van der Waals surface area contributed by atoms with E-state index >= 15 is 0 Å². The Hall–Kier alpha value is -1.93. The Balaban J connectivity index is 1.97. The molecule has 0 radical (unpaired) electrons. The molecule has 3 unspecified atom stereocenters. The number of hydrogen-bond acceptors (Lipinski definition) is 8. The highest BCUT2D eigenvalue weighted by molar-refractivity contribution is 14.1. The molecule has 3 atom stereocenters. The maximum Gasteiger partial charge on any atom is 0.248 e. The van der Waals surface area contributed by atoms with Gasteiger partial charge in [0.1, 0.15) is 18.8 Å². The van der Waals surface area contributed by atoms with E-state index in [0.717, 1.165) is 25.7 Å². The number of aliphatic hydroxyl groups excluding tert-OH is 3. The lowest BCUT2D eigenvalue weighted by Crippen LogP contribution is -2.56. The fourth-order valence-electron chi connectivity index (χ4n) is 5.17. The average molecular weight is 647 g/mol. The molecule has 2 aliphatic rings. The van der Waals surface area contributed by atoms with Crippen LogP contribution in [0.25, 0.3) is 0 Å². The van der Waals surface area contributed by atoms with E-state index in [4.69, 9.17) is 14.2 Å². The number of ether oxygens (including phenoxy) is 3. The molecule has 1 fully saturated rings. The number of nitrogens with zero attached hydrogens (tertiary/aromatic N) is 1. The van der Waals surface area contributed by atoms with Crippen molar-refractivity contribution in [2.45, 2.75) is 63.4 Å². The smallest absolute Gasteiger partial charge is 0.248 e. The molecule has 10 nitrogen and oxygen atoms in total. The van der Waals surface area contributed by atoms with Crippen LogP contribution in [0.3, 0.4) is 0 Å². The molecule has 1 saturated carbocycles. The first-order valence-corrected chi connectivity index (χ1v) is 14.1. The van der Waals surface area contributed by atoms with Gasteiger partial charge in [-0.05, 0) is 65.1 Å². The van der Waals surface area contributed by atoms with Crippen LogP contribution in [0.5, 0.6) is 11.5 Å². The zero-order valence-electron chi connectivity index (χ0n) is 22.0. The summed E-state index contributed by atoms with van der Waals surface area (Å²) in [7, 11) is 2.94. The van der Waals surface area contributed by atoms with Crippen molar-refractivity contribution in [3.05, 3.63) is 32.9 Å². The van der Waals surface area contributed by atoms with E-state index in [1.807, 2.05) is 0 Å². The quantitative estimate of drug-likeness (QED) is 0.252. The van der Waals surface area contributed by atoms with E-state index in [-0.39, 0.29) is 38.7 Å². The van der Waals surface area contributed by atoms with Gasteiger partial charge in [-0.2, -0.15) is 0 Å². The van der Waals surface area contributed by atoms with Gasteiger partial charge < -0.3 is 39.7 Å². The number of methoxy groups -OCH3 is 2. The second-order valence-electron chi connectivity index (χ2n) is 9.77. The molecular weight excluding hydrogens is 607 g/mol. The lowest BCUT2D eigenvalue weighted by molar-refractivity contribution is -0.143. The number of amides is 2. The summed E-state index contributed by atoms with van der Waals surface area (Å²) in [5.41, 5.74) is 1.00. The minimum absolute atomic E-state index is 0.0810. The summed E-state index contributed by atoms with van der Waals surface area (Å²) in [4.78, 5) is 27.9. The Bertz CT molecular complexity index is 982. The van der Waals surface area contributed by atoms with E-state index in [0.29, 0.717) is 38.7 Å². The highest BCUT2D eigenvalue weighted by Gasteiger charge is 2.41. The predicted molar refractivity (Wildman–Crippen MR) is 149 cm³/mol. The number of nitrogens with one attached hydrogen (secondary N) is 1. The van der Waals surface area contributed by atoms with Gasteiger partial charge in [-0.15, -0.1) is 0 Å². The Morgan fingerprint density at radius 3 is 2.53 bits per heavy atom. The first kappa shape index (κ1) is 30.6. The minimum atomic E-state index is -1.13. The molecule has 0 aliphatic heterocycles. The van der Waals surface area contributed by atoms with Crippen LogP contribution in [0.4, 0.5) is 0 Å². The zero-order valence-corrected chi connectivity index (χ0v) is 24.2. The van der Waals surface area contributed by atoms with Gasteiger partial charge in [0, 0.05) is 32.2 Å². The molecule has 11 heteroatoms. The first-order valence-electron chi connectivity index (χ1n) is 13.0. The Morgan fingerprint density at radius 1 is 1.16 bits per heavy atom. The minimum Gasteiger partial charge on any atom is -0.493 e. The van der Waals surface area contributed by atoms with Crippen LogP contribution in [0.1, 0.15) is 44.1 Å². The Morgan fingerprint density at radius 2 is 1.89 bits per heavy atom. The summed E-state index contributed by atoms with van der Waals surface area (Å²) in [5.74, 6) is 0.407. The molecule has 2 aliphatic carbocycles. The second kappa shape index (κ2) is 15.0. The van der Waals surface area contributed by atoms with E-state index in [9.17, 15) is 24.9 Å². The standard InChI is InChI=1S/C27H39IN2O8/c1-36-16-24(33)30(14-17-6-4-3-5-7-17)21-12-19(27(35)29-8-9-31)13-22(25(21)34)38-26-20(28)10-18(15-32)11-23(26)37-2/h10-11,13,17,21-22,25,31-32,34H,3-9,12,14-16H2,1-2H3,(H,29,35). The summed E-state index contributed by atoms with van der Waals surface area (Å²) < 4.78 is 17.6. The van der Waals surface area contributed by atoms with Crippen molar-refractivity contribution >= 4 is 34.4 Å². The van der Waals surface area contributed by atoms with Gasteiger partial charge in [0.15, 0.2) is 11.5 Å². The summed E-state index contributed by atoms with van der Waals surface area (Å²) in [6, 6.07) is 2.69. The molecule has 0 saturated heterocycles. The number of aliphatic hydroxyl groups is 3. The largest absolute Gasteiger partial charge is 0.493 e. The van der Waals surface area contributed by atoms with Crippen molar-refractivity contribution in [1.82, 2.24) is 10.2 Å². The van der Waals surface area contributed by atoms with Gasteiger partial charge in [-0.25, -0.2) is 0 Å². The number of carbonyl (C=O) groups excluding carboxylic acids is 2. The second-order valence-corrected chi connectivity index (χ2v) is 10.9. The van der Waals surface area contributed by atoms with E-state index in [1.54, 1.807) is 23.1 Å². The van der Waals surface area contributed by atoms with Crippen molar-refractivity contribution in [1.29, 1.82) is 0 Å². The van der Waals surface area contributed by atoms with Crippen LogP contribution >= 0.6 is 22.6 Å². The third-order valence-electron chi connectivity index (χ3n) is 7.11. The third kappa shape index (κ3) is 7.81. The van der Waals surface area contributed by atoms with Gasteiger partial charge in [0.05, 0.1) is 29.9 Å². The normalized spacial score (nSPS) is 21.9. The van der Waals surface area contributed by atoms with Gasteiger partial charge >= 0.3 is 0 Å². The Kier molecular flexibility index (Phi) is 12.1. The maximum absolute atomic E-state index is 13.3. The average Bonchev–Trinajstić information content (AvgIpc) is 2.93. The van der Waals surface area contributed by atoms with Crippen molar-refractivity contribution in [3.8, 4) is 11.5 Å². The number of halogens is 1. The lowest BCUT2D eigenvalue weighted by Gasteiger charge is -2.42. The predicted octanol–water partition coefficient (Wildman–Crippen LogP) is 1.76. The van der Waals surface area contributed by atoms with Crippen molar-refractivity contribution in [2.24, 2.45) is 5.92 Å².